The predicted octanol–water partition coefficient (Wildman–Crippen LogP) is 5.89. The highest BCUT2D eigenvalue weighted by atomic mass is 35.7. The summed E-state index contributed by atoms with van der Waals surface area (Å²) in [6.07, 6.45) is -5.25. The van der Waals surface area contributed by atoms with E-state index in [1.54, 1.807) is 24.2 Å². The van der Waals surface area contributed by atoms with E-state index in [1.165, 1.54) is 10.2 Å². The highest BCUT2D eigenvalue weighted by Gasteiger charge is 2.27. The van der Waals surface area contributed by atoms with Crippen molar-refractivity contribution in [3.8, 4) is 0 Å². The van der Waals surface area contributed by atoms with Gasteiger partial charge in [-0.05, 0) is 5.56 Å². The van der Waals surface area contributed by atoms with Crippen LogP contribution in [0.5, 0.6) is 0 Å². The van der Waals surface area contributed by atoms with Crippen molar-refractivity contribution in [2.45, 2.75) is 53.8 Å². The molecule has 0 saturated heterocycles. The van der Waals surface area contributed by atoms with E-state index in [1.807, 2.05) is 30.3 Å². The largest absolute Gasteiger partial charge is 0.390 e. The maximum atomic E-state index is 12.1. The number of hydrogen-bond donors (Lipinski definition) is 0. The van der Waals surface area contributed by atoms with Gasteiger partial charge in [0.15, 0.2) is 0 Å². The third-order valence-corrected chi connectivity index (χ3v) is 6.33. The lowest BCUT2D eigenvalue weighted by atomic mass is 10.2. The Hall–Kier alpha value is -2.19. The van der Waals surface area contributed by atoms with Crippen LogP contribution in [0, 0.1) is 0 Å². The fourth-order valence-electron chi connectivity index (χ4n) is 2.36. The molecule has 1 aromatic carbocycles. The first kappa shape index (κ1) is 28.1. The van der Waals surface area contributed by atoms with Crippen molar-refractivity contribution < 1.29 is 34.8 Å². The van der Waals surface area contributed by atoms with E-state index in [-0.39, 0.29) is 11.4 Å². The van der Waals surface area contributed by atoms with Crippen LogP contribution in [0.25, 0.3) is 0 Å². The highest BCUT2D eigenvalue weighted by molar-refractivity contribution is 8.13. The lowest BCUT2D eigenvalue weighted by Crippen LogP contribution is -2.12. The Morgan fingerprint density at radius 3 is 1.88 bits per heavy atom. The second kappa shape index (κ2) is 12.0. The maximum absolute atomic E-state index is 12.1. The van der Waals surface area contributed by atoms with Crippen molar-refractivity contribution in [1.29, 1.82) is 0 Å². The van der Waals surface area contributed by atoms with Crippen LogP contribution in [0.15, 0.2) is 64.9 Å². The average molecular weight is 549 g/mol. The van der Waals surface area contributed by atoms with E-state index in [0.717, 1.165) is 27.7 Å². The summed E-state index contributed by atoms with van der Waals surface area (Å²) in [6, 6.07) is 9.90. The van der Waals surface area contributed by atoms with Crippen LogP contribution < -0.4 is 0 Å². The van der Waals surface area contributed by atoms with Crippen LogP contribution in [0.1, 0.15) is 18.4 Å². The quantitative estimate of drug-likeness (QED) is 0.199. The van der Waals surface area contributed by atoms with Crippen molar-refractivity contribution in [2.75, 3.05) is 0 Å². The van der Waals surface area contributed by atoms with Gasteiger partial charge in [-0.1, -0.05) is 30.3 Å². The Morgan fingerprint density at radius 2 is 1.38 bits per heavy atom. The van der Waals surface area contributed by atoms with Crippen LogP contribution >= 0.6 is 22.4 Å². The summed E-state index contributed by atoms with van der Waals surface area (Å²) in [7, 11) is 1.03. The first-order valence-corrected chi connectivity index (χ1v) is 12.8. The molecule has 3 rings (SSSR count). The number of aromatic nitrogens is 4. The zero-order valence-corrected chi connectivity index (χ0v) is 19.7. The zero-order chi connectivity index (χ0) is 25.4. The maximum Gasteiger partial charge on any atom is 0.390 e. The molecule has 0 N–H and O–H groups in total. The van der Waals surface area contributed by atoms with Gasteiger partial charge in [0.05, 0.1) is 25.2 Å². The number of halogens is 7. The smallest absolute Gasteiger partial charge is 0.271 e. The van der Waals surface area contributed by atoms with Gasteiger partial charge >= 0.3 is 12.4 Å². The molecule has 0 aliphatic rings. The molecule has 2 heterocycles. The summed E-state index contributed by atoms with van der Waals surface area (Å²) in [4.78, 5) is 0.567. The summed E-state index contributed by atoms with van der Waals surface area (Å²) in [5.41, 5.74) is 1.18. The fourth-order valence-corrected chi connectivity index (χ4v) is 3.86. The summed E-state index contributed by atoms with van der Waals surface area (Å²) in [5, 5.41) is 7.37. The van der Waals surface area contributed by atoms with E-state index in [9.17, 15) is 34.8 Å². The number of hydrogen-bond acceptors (Lipinski definition) is 5. The van der Waals surface area contributed by atoms with Gasteiger partial charge in [-0.25, -0.2) is 8.42 Å². The third-order valence-electron chi connectivity index (χ3n) is 4.00. The summed E-state index contributed by atoms with van der Waals surface area (Å²) in [5.74, 6) is 0.784. The Bertz CT molecular complexity index is 1130. The zero-order valence-electron chi connectivity index (χ0n) is 17.3. The Morgan fingerprint density at radius 1 is 0.853 bits per heavy atom. The molecular weight excluding hydrogens is 530 g/mol. The van der Waals surface area contributed by atoms with Gasteiger partial charge in [-0.3, -0.25) is 9.36 Å². The molecule has 15 heteroatoms. The Labute approximate surface area is 200 Å². The number of rotatable bonds is 8. The van der Waals surface area contributed by atoms with Crippen LogP contribution in [0.2, 0.25) is 0 Å². The van der Waals surface area contributed by atoms with Crippen molar-refractivity contribution in [3.05, 3.63) is 60.7 Å². The molecule has 0 aliphatic carbocycles. The Kier molecular flexibility index (Phi) is 9.88. The van der Waals surface area contributed by atoms with Crippen molar-refractivity contribution in [1.82, 2.24) is 19.6 Å². The molecule has 188 valence electrons. The number of aryl methyl sites for hydroxylation is 2. The van der Waals surface area contributed by atoms with Gasteiger partial charge in [0.2, 0.25) is 0 Å². The van der Waals surface area contributed by atoms with Crippen LogP contribution in [0.4, 0.5) is 26.3 Å². The van der Waals surface area contributed by atoms with E-state index in [0.29, 0.717) is 0 Å². The molecule has 0 amide bonds. The summed E-state index contributed by atoms with van der Waals surface area (Å²) >= 11 is 1.56. The molecule has 34 heavy (non-hydrogen) atoms. The summed E-state index contributed by atoms with van der Waals surface area (Å²) < 4.78 is 95.3. The van der Waals surface area contributed by atoms with Gasteiger partial charge < -0.3 is 0 Å². The molecule has 2 aromatic heterocycles. The minimum atomic E-state index is -4.30. The van der Waals surface area contributed by atoms with Crippen molar-refractivity contribution >= 4 is 31.5 Å². The first-order chi connectivity index (χ1) is 15.7. The molecule has 0 spiro atoms. The van der Waals surface area contributed by atoms with Gasteiger partial charge in [-0.15, -0.1) is 11.8 Å². The van der Waals surface area contributed by atoms with E-state index in [4.69, 9.17) is 10.7 Å². The second-order valence-electron chi connectivity index (χ2n) is 6.82. The number of benzene rings is 1. The molecule has 3 aromatic rings. The number of alkyl halides is 6. The minimum absolute atomic E-state index is 0.130. The third kappa shape index (κ3) is 11.3. The molecular formula is C19H19ClF6N4O2S2. The lowest BCUT2D eigenvalue weighted by molar-refractivity contribution is -0.138. The van der Waals surface area contributed by atoms with Crippen LogP contribution in [-0.2, 0) is 27.9 Å². The fraction of sp³-hybridized carbons (Fsp3) is 0.368. The molecule has 6 nitrogen and oxygen atoms in total. The van der Waals surface area contributed by atoms with Gasteiger partial charge in [0.1, 0.15) is 4.90 Å². The highest BCUT2D eigenvalue weighted by Crippen LogP contribution is 2.24. The van der Waals surface area contributed by atoms with Crippen LogP contribution in [0.3, 0.4) is 0 Å². The standard InChI is InChI=1S/C13H13F3N2S.C6H6ClF3N2O2S/c14-13(15,16)6-7-18-9-12(8-17-18)19-10-11-4-2-1-3-5-11;7-15(13,14)5-3-11-12(4-5)2-1-6(8,9)10/h1-5,8-9H,6-7,10H2;3-4H,1-2H2. The predicted molar refractivity (Wildman–Crippen MR) is 115 cm³/mol. The van der Waals surface area contributed by atoms with Gasteiger partial charge in [-0.2, -0.15) is 36.5 Å². The minimum Gasteiger partial charge on any atom is -0.271 e. The normalized spacial score (nSPS) is 12.3. The molecule has 0 saturated carbocycles. The molecule has 0 aliphatic heterocycles. The summed E-state index contributed by atoms with van der Waals surface area (Å²) in [6.45, 7) is -0.564. The van der Waals surface area contributed by atoms with Crippen molar-refractivity contribution in [3.63, 3.8) is 0 Å². The van der Waals surface area contributed by atoms with Crippen LogP contribution in [-0.4, -0.2) is 40.3 Å². The van der Waals surface area contributed by atoms with E-state index >= 15 is 0 Å². The topological polar surface area (TPSA) is 69.8 Å². The van der Waals surface area contributed by atoms with Gasteiger partial charge in [0.25, 0.3) is 9.05 Å². The van der Waals surface area contributed by atoms with Crippen molar-refractivity contribution in [2.24, 2.45) is 0 Å². The molecule has 0 atom stereocenters. The molecule has 0 fully saturated rings. The van der Waals surface area contributed by atoms with Gasteiger partial charge in [0, 0.05) is 46.8 Å². The second-order valence-corrected chi connectivity index (χ2v) is 10.4. The molecule has 0 bridgehead atoms. The first-order valence-electron chi connectivity index (χ1n) is 9.51. The SMILES string of the molecule is FC(F)(F)CCn1cc(SCc2ccccc2)cn1.O=S(=O)(Cl)c1cnn(CCC(F)(F)F)c1. The molecule has 0 unspecified atom stereocenters. The lowest BCUT2D eigenvalue weighted by Gasteiger charge is -2.05. The average Bonchev–Trinajstić information content (AvgIpc) is 3.39. The monoisotopic (exact) mass is 548 g/mol. The number of nitrogens with zero attached hydrogens (tertiary/aromatic N) is 4. The van der Waals surface area contributed by atoms with E-state index < -0.39 is 40.8 Å². The van der Waals surface area contributed by atoms with E-state index in [2.05, 4.69) is 10.2 Å². The Balaban J connectivity index is 0.000000248. The molecule has 0 radical (unpaired) electrons. The number of thioether (sulfide) groups is 1.